The van der Waals surface area contributed by atoms with Gasteiger partial charge in [0.15, 0.2) is 0 Å². The van der Waals surface area contributed by atoms with E-state index in [1.807, 2.05) is 5.32 Å². The fourth-order valence-electron chi connectivity index (χ4n) is 2.22. The fourth-order valence-corrected chi connectivity index (χ4v) is 2.22. The first-order valence-electron chi connectivity index (χ1n) is 5.80. The van der Waals surface area contributed by atoms with Crippen molar-refractivity contribution in [1.82, 2.24) is 5.32 Å². The molecule has 1 aromatic heterocycles. The van der Waals surface area contributed by atoms with Gasteiger partial charge in [0, 0.05) is 11.1 Å². The summed E-state index contributed by atoms with van der Waals surface area (Å²) in [5, 5.41) is 4.28. The smallest absolute Gasteiger partial charge is 0.340 e. The Kier molecular flexibility index (Phi) is 3.45. The Balaban J connectivity index is 2.38. The molecule has 0 saturated carbocycles. The zero-order valence-electron chi connectivity index (χ0n) is 10.0. The van der Waals surface area contributed by atoms with Crippen LogP contribution >= 0.6 is 0 Å². The van der Waals surface area contributed by atoms with E-state index in [1.165, 1.54) is 0 Å². The van der Waals surface area contributed by atoms with Gasteiger partial charge in [0.1, 0.15) is 0 Å². The van der Waals surface area contributed by atoms with E-state index in [4.69, 9.17) is 4.42 Å². The molecule has 0 unspecified atom stereocenters. The summed E-state index contributed by atoms with van der Waals surface area (Å²) in [5.74, 6) is 0.111. The Labute approximate surface area is 103 Å². The van der Waals surface area contributed by atoms with Gasteiger partial charge in [-0.1, -0.05) is 0 Å². The van der Waals surface area contributed by atoms with Gasteiger partial charge in [-0.25, -0.2) is 9.59 Å². The lowest BCUT2D eigenvalue weighted by molar-refractivity contribution is -0.108. The average molecular weight is 250 g/mol. The largest absolute Gasteiger partial charge is 0.406 e. The summed E-state index contributed by atoms with van der Waals surface area (Å²) in [6, 6.07) is -0.716. The van der Waals surface area contributed by atoms with Gasteiger partial charge in [-0.2, -0.15) is 0 Å². The molecule has 6 nitrogen and oxygen atoms in total. The third-order valence-electron chi connectivity index (χ3n) is 3.12. The highest BCUT2D eigenvalue weighted by molar-refractivity contribution is 5.94. The van der Waals surface area contributed by atoms with Gasteiger partial charge in [0.2, 0.25) is 12.3 Å². The summed E-state index contributed by atoms with van der Waals surface area (Å²) in [6.07, 6.45) is 3.81. The maximum atomic E-state index is 11.8. The first kappa shape index (κ1) is 12.3. The number of hydrogen-bond acceptors (Lipinski definition) is 4. The topological polar surface area (TPSA) is 88.4 Å². The standard InChI is InChI=1S/C12H14N2O4/c1-7-8-4-2-3-5-9(8)11(16)18-10(7)14-12(17)13-6-15/h6H,2-5H2,1H3,(H2,13,14,15,17). The van der Waals surface area contributed by atoms with E-state index in [9.17, 15) is 14.4 Å². The molecule has 0 spiro atoms. The van der Waals surface area contributed by atoms with E-state index in [0.29, 0.717) is 5.56 Å². The second-order valence-corrected chi connectivity index (χ2v) is 4.22. The van der Waals surface area contributed by atoms with E-state index >= 15 is 0 Å². The molecule has 1 aliphatic rings. The highest BCUT2D eigenvalue weighted by Gasteiger charge is 2.20. The van der Waals surface area contributed by atoms with Crippen LogP contribution in [0.3, 0.4) is 0 Å². The number of rotatable bonds is 2. The molecule has 2 N–H and O–H groups in total. The number of amides is 3. The number of carbonyl (C=O) groups excluding carboxylic acids is 2. The highest BCUT2D eigenvalue weighted by atomic mass is 16.4. The minimum Gasteiger partial charge on any atom is -0.406 e. The average Bonchev–Trinajstić information content (AvgIpc) is 2.36. The summed E-state index contributed by atoms with van der Waals surface area (Å²) in [5.41, 5.74) is 2.01. The van der Waals surface area contributed by atoms with Crippen molar-refractivity contribution < 1.29 is 14.0 Å². The van der Waals surface area contributed by atoms with Crippen molar-refractivity contribution in [3.05, 3.63) is 27.1 Å². The Hall–Kier alpha value is -2.11. The molecule has 0 atom stereocenters. The van der Waals surface area contributed by atoms with Gasteiger partial charge in [-0.3, -0.25) is 15.4 Å². The van der Waals surface area contributed by atoms with Crippen LogP contribution in [0, 0.1) is 6.92 Å². The molecule has 0 bridgehead atoms. The Bertz CT molecular complexity index is 548. The predicted octanol–water partition coefficient (Wildman–Crippen LogP) is 1.10. The molecule has 0 aliphatic heterocycles. The van der Waals surface area contributed by atoms with Gasteiger partial charge >= 0.3 is 11.7 Å². The maximum Gasteiger partial charge on any atom is 0.340 e. The van der Waals surface area contributed by atoms with Crippen LogP contribution < -0.4 is 16.3 Å². The van der Waals surface area contributed by atoms with Gasteiger partial charge in [-0.15, -0.1) is 0 Å². The maximum absolute atomic E-state index is 11.8. The monoisotopic (exact) mass is 250 g/mol. The molecule has 0 saturated heterocycles. The van der Waals surface area contributed by atoms with Gasteiger partial charge < -0.3 is 4.42 Å². The molecule has 3 amide bonds. The summed E-state index contributed by atoms with van der Waals surface area (Å²) < 4.78 is 5.08. The first-order valence-corrected chi connectivity index (χ1v) is 5.80. The molecular formula is C12H14N2O4. The van der Waals surface area contributed by atoms with Crippen molar-refractivity contribution in [3.8, 4) is 0 Å². The fraction of sp³-hybridized carbons (Fsp3) is 0.417. The molecule has 1 aromatic rings. The molecular weight excluding hydrogens is 236 g/mol. The summed E-state index contributed by atoms with van der Waals surface area (Å²) in [4.78, 5) is 33.1. The van der Waals surface area contributed by atoms with E-state index < -0.39 is 11.7 Å². The Morgan fingerprint density at radius 2 is 1.94 bits per heavy atom. The van der Waals surface area contributed by atoms with Crippen molar-refractivity contribution in [2.24, 2.45) is 0 Å². The van der Waals surface area contributed by atoms with Crippen molar-refractivity contribution in [2.75, 3.05) is 5.32 Å². The zero-order chi connectivity index (χ0) is 13.1. The van der Waals surface area contributed by atoms with Crippen LogP contribution in [0.4, 0.5) is 10.7 Å². The Morgan fingerprint density at radius 3 is 2.61 bits per heavy atom. The second kappa shape index (κ2) is 5.03. The van der Waals surface area contributed by atoms with Crippen LogP contribution in [-0.2, 0) is 17.6 Å². The summed E-state index contributed by atoms with van der Waals surface area (Å²) >= 11 is 0. The van der Waals surface area contributed by atoms with E-state index in [-0.39, 0.29) is 12.3 Å². The predicted molar refractivity (Wildman–Crippen MR) is 64.6 cm³/mol. The molecule has 2 rings (SSSR count). The number of fused-ring (bicyclic) bond motifs is 1. The van der Waals surface area contributed by atoms with Crippen LogP contribution in [0.15, 0.2) is 9.21 Å². The van der Waals surface area contributed by atoms with Crippen LogP contribution in [0.5, 0.6) is 0 Å². The molecule has 0 fully saturated rings. The van der Waals surface area contributed by atoms with Crippen molar-refractivity contribution in [2.45, 2.75) is 32.6 Å². The Morgan fingerprint density at radius 1 is 1.28 bits per heavy atom. The first-order chi connectivity index (χ1) is 8.63. The van der Waals surface area contributed by atoms with Crippen molar-refractivity contribution in [1.29, 1.82) is 0 Å². The van der Waals surface area contributed by atoms with E-state index in [1.54, 1.807) is 6.92 Å². The van der Waals surface area contributed by atoms with E-state index in [0.717, 1.165) is 36.8 Å². The lowest BCUT2D eigenvalue weighted by Crippen LogP contribution is -2.29. The lowest BCUT2D eigenvalue weighted by atomic mass is 9.90. The SMILES string of the molecule is Cc1c(NC(=O)NC=O)oc(=O)c2c1CCCC2. The molecule has 0 aromatic carbocycles. The molecule has 18 heavy (non-hydrogen) atoms. The van der Waals surface area contributed by atoms with Crippen LogP contribution in [0.2, 0.25) is 0 Å². The summed E-state index contributed by atoms with van der Waals surface area (Å²) in [7, 11) is 0. The van der Waals surface area contributed by atoms with Gasteiger partial charge in [-0.05, 0) is 38.2 Å². The third kappa shape index (κ3) is 2.27. The number of imide groups is 1. The van der Waals surface area contributed by atoms with Gasteiger partial charge in [0.25, 0.3) is 0 Å². The molecule has 1 heterocycles. The highest BCUT2D eigenvalue weighted by Crippen LogP contribution is 2.26. The second-order valence-electron chi connectivity index (χ2n) is 4.22. The number of carbonyl (C=O) groups is 2. The third-order valence-corrected chi connectivity index (χ3v) is 3.12. The minimum absolute atomic E-state index is 0.111. The van der Waals surface area contributed by atoms with Crippen LogP contribution in [0.1, 0.15) is 29.5 Å². The number of anilines is 1. The number of nitrogens with one attached hydrogen (secondary N) is 2. The zero-order valence-corrected chi connectivity index (χ0v) is 10.0. The van der Waals surface area contributed by atoms with Crippen LogP contribution in [-0.4, -0.2) is 12.4 Å². The molecule has 1 aliphatic carbocycles. The normalized spacial score (nSPS) is 13.6. The van der Waals surface area contributed by atoms with Crippen molar-refractivity contribution in [3.63, 3.8) is 0 Å². The quantitative estimate of drug-likeness (QED) is 0.769. The molecule has 96 valence electrons. The molecule has 6 heteroatoms. The summed E-state index contributed by atoms with van der Waals surface area (Å²) in [6.45, 7) is 1.80. The van der Waals surface area contributed by atoms with E-state index in [2.05, 4.69) is 5.32 Å². The lowest BCUT2D eigenvalue weighted by Gasteiger charge is -2.18. The van der Waals surface area contributed by atoms with Crippen LogP contribution in [0.25, 0.3) is 0 Å². The number of urea groups is 1. The molecule has 0 radical (unpaired) electrons. The number of hydrogen-bond donors (Lipinski definition) is 2. The minimum atomic E-state index is -0.716. The van der Waals surface area contributed by atoms with Gasteiger partial charge in [0.05, 0.1) is 0 Å². The van der Waals surface area contributed by atoms with Crippen molar-refractivity contribution >= 4 is 18.3 Å².